The second kappa shape index (κ2) is 9.97. The van der Waals surface area contributed by atoms with E-state index in [9.17, 15) is 18.4 Å². The van der Waals surface area contributed by atoms with Gasteiger partial charge in [-0.25, -0.2) is 13.6 Å². The largest absolute Gasteiger partial charge is 0.488 e. The fraction of sp³-hybridized carbons (Fsp3) is 0.440. The number of anilines is 1. The van der Waals surface area contributed by atoms with Gasteiger partial charge in [-0.3, -0.25) is 4.79 Å². The number of fused-ring (bicyclic) bond motifs is 1. The summed E-state index contributed by atoms with van der Waals surface area (Å²) in [5.41, 5.74) is 1.48. The molecular weight excluding hydrogens is 444 g/mol. The van der Waals surface area contributed by atoms with E-state index in [1.807, 2.05) is 7.05 Å². The third kappa shape index (κ3) is 4.84. The molecule has 1 spiro atoms. The number of benzene rings is 2. The van der Waals surface area contributed by atoms with Gasteiger partial charge in [0, 0.05) is 51.5 Å². The molecule has 0 aliphatic carbocycles. The molecule has 2 heterocycles. The third-order valence-electron chi connectivity index (χ3n) is 6.79. The normalized spacial score (nSPS) is 17.0. The number of ether oxygens (including phenoxy) is 2. The number of rotatable bonds is 6. The number of hydrogen-bond donors (Lipinski definition) is 1. The Labute approximate surface area is 197 Å². The van der Waals surface area contributed by atoms with Crippen LogP contribution in [0.1, 0.15) is 35.2 Å². The van der Waals surface area contributed by atoms with Crippen LogP contribution in [0.25, 0.3) is 0 Å². The molecule has 9 heteroatoms. The summed E-state index contributed by atoms with van der Waals surface area (Å²) in [7, 11) is 3.47. The molecule has 4 rings (SSSR count). The summed E-state index contributed by atoms with van der Waals surface area (Å²) in [6.45, 7) is 1.80. The molecule has 0 bridgehead atoms. The number of likely N-dealkylation sites (tertiary alicyclic amines) is 1. The summed E-state index contributed by atoms with van der Waals surface area (Å²) < 4.78 is 37.8. The van der Waals surface area contributed by atoms with Crippen molar-refractivity contribution in [2.75, 3.05) is 45.4 Å². The lowest BCUT2D eigenvalue weighted by molar-refractivity contribution is 0.0890. The summed E-state index contributed by atoms with van der Waals surface area (Å²) in [4.78, 5) is 29.3. The van der Waals surface area contributed by atoms with E-state index in [0.29, 0.717) is 44.5 Å². The number of halogens is 2. The summed E-state index contributed by atoms with van der Waals surface area (Å²) in [6, 6.07) is 8.59. The van der Waals surface area contributed by atoms with Crippen LogP contribution in [0.5, 0.6) is 5.75 Å². The number of urea groups is 1. The first kappa shape index (κ1) is 23.9. The van der Waals surface area contributed by atoms with Gasteiger partial charge in [-0.15, -0.1) is 0 Å². The maximum absolute atomic E-state index is 13.9. The molecule has 0 saturated carbocycles. The van der Waals surface area contributed by atoms with Crippen molar-refractivity contribution in [1.29, 1.82) is 0 Å². The highest BCUT2D eigenvalue weighted by Gasteiger charge is 2.45. The molecule has 0 atom stereocenters. The van der Waals surface area contributed by atoms with E-state index < -0.39 is 11.6 Å². The zero-order valence-corrected chi connectivity index (χ0v) is 19.4. The van der Waals surface area contributed by atoms with Gasteiger partial charge >= 0.3 is 6.03 Å². The van der Waals surface area contributed by atoms with E-state index >= 15 is 0 Å². The Kier molecular flexibility index (Phi) is 7.02. The molecule has 2 aromatic carbocycles. The minimum Gasteiger partial charge on any atom is -0.488 e. The van der Waals surface area contributed by atoms with Crippen LogP contribution in [0.3, 0.4) is 0 Å². The molecule has 34 heavy (non-hydrogen) atoms. The first-order valence-electron chi connectivity index (χ1n) is 11.3. The fourth-order valence-electron chi connectivity index (χ4n) is 4.72. The van der Waals surface area contributed by atoms with Crippen LogP contribution in [0, 0.1) is 11.6 Å². The zero-order chi connectivity index (χ0) is 24.3. The molecule has 7 nitrogen and oxygen atoms in total. The first-order chi connectivity index (χ1) is 16.3. The molecule has 2 amide bonds. The number of Topliss-reactive ketones (excluding diaryl/α,β-unsaturated/α-hetero) is 1. The maximum atomic E-state index is 13.9. The second-order valence-electron chi connectivity index (χ2n) is 8.80. The van der Waals surface area contributed by atoms with Crippen LogP contribution >= 0.6 is 0 Å². The molecule has 0 unspecified atom stereocenters. The van der Waals surface area contributed by atoms with Gasteiger partial charge in [-0.1, -0.05) is 6.07 Å². The Morgan fingerprint density at radius 3 is 2.62 bits per heavy atom. The van der Waals surface area contributed by atoms with Crippen molar-refractivity contribution >= 4 is 17.5 Å². The predicted molar refractivity (Wildman–Crippen MR) is 123 cm³/mol. The minimum atomic E-state index is -0.469. The molecule has 0 radical (unpaired) electrons. The van der Waals surface area contributed by atoms with Gasteiger partial charge in [0.1, 0.15) is 12.4 Å². The topological polar surface area (TPSA) is 71.1 Å². The van der Waals surface area contributed by atoms with Gasteiger partial charge in [0.25, 0.3) is 0 Å². The average Bonchev–Trinajstić information content (AvgIpc) is 2.83. The van der Waals surface area contributed by atoms with Gasteiger partial charge < -0.3 is 24.6 Å². The number of piperidine rings is 1. The summed E-state index contributed by atoms with van der Waals surface area (Å²) in [5.74, 6) is -0.833. The molecule has 182 valence electrons. The van der Waals surface area contributed by atoms with E-state index in [2.05, 4.69) is 10.2 Å². The molecule has 2 aromatic rings. The number of carbonyl (C=O) groups is 2. The molecule has 1 fully saturated rings. The number of methoxy groups -OCH3 is 1. The van der Waals surface area contributed by atoms with Gasteiger partial charge in [0.2, 0.25) is 0 Å². The maximum Gasteiger partial charge on any atom is 0.317 e. The van der Waals surface area contributed by atoms with Gasteiger partial charge in [-0.05, 0) is 48.7 Å². The van der Waals surface area contributed by atoms with Crippen LogP contribution in [0.4, 0.5) is 19.3 Å². The Hall–Kier alpha value is -3.20. The number of carbonyl (C=O) groups excluding carboxylic acids is 2. The molecule has 1 N–H and O–H groups in total. The summed E-state index contributed by atoms with van der Waals surface area (Å²) >= 11 is 0. The Morgan fingerprint density at radius 1 is 1.12 bits per heavy atom. The molecular formula is C25H29F2N3O4. The number of nitrogens with zero attached hydrogens (tertiary/aromatic N) is 2. The predicted octanol–water partition coefficient (Wildman–Crippen LogP) is 3.76. The van der Waals surface area contributed by atoms with E-state index in [4.69, 9.17) is 9.47 Å². The number of hydrogen-bond acceptors (Lipinski definition) is 5. The van der Waals surface area contributed by atoms with Crippen molar-refractivity contribution in [3.05, 3.63) is 59.2 Å². The van der Waals surface area contributed by atoms with Crippen molar-refractivity contribution in [3.8, 4) is 5.75 Å². The van der Waals surface area contributed by atoms with Crippen LogP contribution in [0.2, 0.25) is 0 Å². The van der Waals surface area contributed by atoms with E-state index in [0.717, 1.165) is 11.3 Å². The van der Waals surface area contributed by atoms with Gasteiger partial charge in [0.05, 0.1) is 12.1 Å². The highest BCUT2D eigenvalue weighted by Crippen LogP contribution is 2.42. The average molecular weight is 474 g/mol. The molecule has 2 aliphatic rings. The standard InChI is InChI=1S/C25H29F2N3O4/c1-29-21-6-4-18(26)14-19(21)22(31)15-25(29)7-9-30(10-8-25)24(32)28-16-17-3-5-20(27)23(13-17)34-12-11-33-2/h3-6,13-14H,7-12,15-16H2,1-2H3,(H,28,32). The first-order valence-corrected chi connectivity index (χ1v) is 11.3. The van der Waals surface area contributed by atoms with Crippen LogP contribution < -0.4 is 15.0 Å². The number of nitrogens with one attached hydrogen (secondary N) is 1. The lowest BCUT2D eigenvalue weighted by Gasteiger charge is -2.50. The SMILES string of the molecule is COCCOc1cc(CNC(=O)N2CCC3(CC2)CC(=O)c2cc(F)ccc2N3C)ccc1F. The van der Waals surface area contributed by atoms with Crippen LogP contribution in [-0.2, 0) is 11.3 Å². The van der Waals surface area contributed by atoms with Crippen molar-refractivity contribution in [3.63, 3.8) is 0 Å². The van der Waals surface area contributed by atoms with Crippen LogP contribution in [0.15, 0.2) is 36.4 Å². The number of ketones is 1. The minimum absolute atomic E-state index is 0.0645. The second-order valence-corrected chi connectivity index (χ2v) is 8.80. The Balaban J connectivity index is 1.34. The highest BCUT2D eigenvalue weighted by atomic mass is 19.1. The van der Waals surface area contributed by atoms with Gasteiger partial charge in [-0.2, -0.15) is 0 Å². The Bertz CT molecular complexity index is 1070. The summed E-state index contributed by atoms with van der Waals surface area (Å²) in [5, 5.41) is 2.88. The molecule has 0 aromatic heterocycles. The van der Waals surface area contributed by atoms with Crippen molar-refractivity contribution in [1.82, 2.24) is 10.2 Å². The van der Waals surface area contributed by atoms with E-state index in [-0.39, 0.29) is 36.3 Å². The van der Waals surface area contributed by atoms with Gasteiger partial charge in [0.15, 0.2) is 17.3 Å². The van der Waals surface area contributed by atoms with Crippen LogP contribution in [-0.4, -0.2) is 62.7 Å². The zero-order valence-electron chi connectivity index (χ0n) is 19.4. The highest BCUT2D eigenvalue weighted by molar-refractivity contribution is 6.04. The molecule has 2 aliphatic heterocycles. The number of amides is 2. The van der Waals surface area contributed by atoms with Crippen molar-refractivity contribution in [2.24, 2.45) is 0 Å². The Morgan fingerprint density at radius 2 is 1.88 bits per heavy atom. The quantitative estimate of drug-likeness (QED) is 0.647. The molecule has 1 saturated heterocycles. The summed E-state index contributed by atoms with van der Waals surface area (Å²) in [6.07, 6.45) is 1.57. The lowest BCUT2D eigenvalue weighted by atomic mass is 9.77. The fourth-order valence-corrected chi connectivity index (χ4v) is 4.72. The van der Waals surface area contributed by atoms with E-state index in [1.165, 1.54) is 25.3 Å². The monoisotopic (exact) mass is 473 g/mol. The van der Waals surface area contributed by atoms with E-state index in [1.54, 1.807) is 23.1 Å². The third-order valence-corrected chi connectivity index (χ3v) is 6.79. The van der Waals surface area contributed by atoms with Crippen molar-refractivity contribution in [2.45, 2.75) is 31.3 Å². The lowest BCUT2D eigenvalue weighted by Crippen LogP contribution is -2.59. The van der Waals surface area contributed by atoms with Crippen molar-refractivity contribution < 1.29 is 27.8 Å². The smallest absolute Gasteiger partial charge is 0.317 e.